The van der Waals surface area contributed by atoms with Gasteiger partial charge in [-0.3, -0.25) is 4.79 Å². The lowest BCUT2D eigenvalue weighted by Crippen LogP contribution is -2.41. The number of hydrogen-bond donors (Lipinski definition) is 2. The van der Waals surface area contributed by atoms with Gasteiger partial charge in [0.1, 0.15) is 11.3 Å². The number of rotatable bonds is 6. The molecule has 0 aromatic carbocycles. The maximum Gasteiger partial charge on any atom is 0.271 e. The Bertz CT molecular complexity index is 559. The number of imidazole rings is 1. The molecule has 2 heterocycles. The number of pyridine rings is 1. The third kappa shape index (κ3) is 3.55. The Morgan fingerprint density at radius 1 is 1.55 bits per heavy atom. The predicted molar refractivity (Wildman–Crippen MR) is 74.6 cm³/mol. The number of fused-ring (bicyclic) bond motifs is 1. The van der Waals surface area contributed by atoms with E-state index >= 15 is 0 Å². The average Bonchev–Trinajstić information content (AvgIpc) is 2.86. The summed E-state index contributed by atoms with van der Waals surface area (Å²) in [5.74, 6) is -0.300. The van der Waals surface area contributed by atoms with Gasteiger partial charge in [0.2, 0.25) is 0 Å². The molecule has 6 heteroatoms. The second kappa shape index (κ2) is 6.02. The summed E-state index contributed by atoms with van der Waals surface area (Å²) in [4.78, 5) is 16.2. The van der Waals surface area contributed by atoms with Gasteiger partial charge in [-0.15, -0.1) is 0 Å². The average molecular weight is 277 g/mol. The van der Waals surface area contributed by atoms with Crippen LogP contribution in [-0.4, -0.2) is 46.3 Å². The van der Waals surface area contributed by atoms with E-state index in [4.69, 9.17) is 4.74 Å². The van der Waals surface area contributed by atoms with Crippen molar-refractivity contribution in [2.24, 2.45) is 0 Å². The number of ether oxygens (including phenoxy) is 1. The molecule has 0 radical (unpaired) electrons. The molecule has 0 aliphatic rings. The number of carbonyl (C=O) groups is 1. The summed E-state index contributed by atoms with van der Waals surface area (Å²) in [5, 5.41) is 12.7. The molecular weight excluding hydrogens is 258 g/mol. The van der Waals surface area contributed by atoms with Gasteiger partial charge in [0, 0.05) is 39.1 Å². The Labute approximate surface area is 117 Å². The first-order valence-electron chi connectivity index (χ1n) is 6.45. The highest BCUT2D eigenvalue weighted by Gasteiger charge is 2.21. The van der Waals surface area contributed by atoms with Gasteiger partial charge < -0.3 is 19.6 Å². The van der Waals surface area contributed by atoms with Crippen LogP contribution < -0.4 is 5.32 Å². The zero-order valence-electron chi connectivity index (χ0n) is 11.7. The Balaban J connectivity index is 1.98. The number of nitrogens with one attached hydrogen (secondary N) is 1. The van der Waals surface area contributed by atoms with Crippen molar-refractivity contribution >= 4 is 11.6 Å². The number of methoxy groups -OCH3 is 1. The van der Waals surface area contributed by atoms with Gasteiger partial charge >= 0.3 is 0 Å². The molecular formula is C14H19N3O3. The number of amides is 1. The SMILES string of the molecule is COCCC(C)(O)CNC(=O)c1cn2ccccc2n1. The van der Waals surface area contributed by atoms with E-state index in [9.17, 15) is 9.90 Å². The Morgan fingerprint density at radius 3 is 3.05 bits per heavy atom. The standard InChI is InChI=1S/C14H19N3O3/c1-14(19,6-8-20-2)10-15-13(18)11-9-17-7-4-3-5-12(17)16-11/h3-5,7,9,19H,6,8,10H2,1-2H3,(H,15,18). The zero-order valence-corrected chi connectivity index (χ0v) is 11.7. The lowest BCUT2D eigenvalue weighted by molar-refractivity contribution is 0.0243. The fraction of sp³-hybridized carbons (Fsp3) is 0.429. The first kappa shape index (κ1) is 14.5. The molecule has 108 valence electrons. The Kier molecular flexibility index (Phi) is 4.36. The van der Waals surface area contributed by atoms with Crippen molar-refractivity contribution in [1.82, 2.24) is 14.7 Å². The van der Waals surface area contributed by atoms with Crippen LogP contribution in [-0.2, 0) is 4.74 Å². The van der Waals surface area contributed by atoms with Crippen LogP contribution in [0.15, 0.2) is 30.6 Å². The summed E-state index contributed by atoms with van der Waals surface area (Å²) in [5.41, 5.74) is 0.0488. The fourth-order valence-corrected chi connectivity index (χ4v) is 1.82. The van der Waals surface area contributed by atoms with Crippen molar-refractivity contribution in [2.45, 2.75) is 18.9 Å². The minimum absolute atomic E-state index is 0.156. The summed E-state index contributed by atoms with van der Waals surface area (Å²) >= 11 is 0. The van der Waals surface area contributed by atoms with Crippen LogP contribution in [0.4, 0.5) is 0 Å². The molecule has 0 fully saturated rings. The molecule has 1 unspecified atom stereocenters. The Morgan fingerprint density at radius 2 is 2.35 bits per heavy atom. The van der Waals surface area contributed by atoms with Crippen LogP contribution in [0.3, 0.4) is 0 Å². The summed E-state index contributed by atoms with van der Waals surface area (Å²) in [6.45, 7) is 2.26. The summed E-state index contributed by atoms with van der Waals surface area (Å²) in [6.07, 6.45) is 3.94. The van der Waals surface area contributed by atoms with Crippen molar-refractivity contribution < 1.29 is 14.6 Å². The molecule has 0 aliphatic heterocycles. The first-order valence-corrected chi connectivity index (χ1v) is 6.45. The number of aliphatic hydroxyl groups is 1. The molecule has 0 saturated heterocycles. The molecule has 2 aromatic rings. The minimum atomic E-state index is -0.995. The first-order chi connectivity index (χ1) is 9.52. The van der Waals surface area contributed by atoms with Gasteiger partial charge in [-0.25, -0.2) is 4.98 Å². The van der Waals surface area contributed by atoms with Crippen molar-refractivity contribution in [3.63, 3.8) is 0 Å². The van der Waals surface area contributed by atoms with E-state index in [-0.39, 0.29) is 12.5 Å². The van der Waals surface area contributed by atoms with Gasteiger partial charge in [-0.2, -0.15) is 0 Å². The topological polar surface area (TPSA) is 75.9 Å². The summed E-state index contributed by atoms with van der Waals surface area (Å²) in [6, 6.07) is 5.55. The van der Waals surface area contributed by atoms with Crippen molar-refractivity contribution in [3.8, 4) is 0 Å². The number of carbonyl (C=O) groups excluding carboxylic acids is 1. The zero-order chi connectivity index (χ0) is 14.6. The van der Waals surface area contributed by atoms with Crippen LogP contribution >= 0.6 is 0 Å². The monoisotopic (exact) mass is 277 g/mol. The lowest BCUT2D eigenvalue weighted by Gasteiger charge is -2.22. The van der Waals surface area contributed by atoms with Gasteiger partial charge in [0.05, 0.1) is 5.60 Å². The molecule has 0 saturated carbocycles. The van der Waals surface area contributed by atoms with E-state index in [1.807, 2.05) is 24.4 Å². The quantitative estimate of drug-likeness (QED) is 0.821. The maximum absolute atomic E-state index is 12.0. The van der Waals surface area contributed by atoms with E-state index in [0.717, 1.165) is 0 Å². The van der Waals surface area contributed by atoms with E-state index in [1.54, 1.807) is 24.6 Å². The molecule has 0 aliphatic carbocycles. The molecule has 20 heavy (non-hydrogen) atoms. The van der Waals surface area contributed by atoms with E-state index in [0.29, 0.717) is 24.4 Å². The number of hydrogen-bond acceptors (Lipinski definition) is 4. The molecule has 2 aromatic heterocycles. The fourth-order valence-electron chi connectivity index (χ4n) is 1.82. The van der Waals surface area contributed by atoms with Crippen LogP contribution in [0.25, 0.3) is 5.65 Å². The van der Waals surface area contributed by atoms with E-state index in [2.05, 4.69) is 10.3 Å². The van der Waals surface area contributed by atoms with Gasteiger partial charge in [0.15, 0.2) is 0 Å². The number of aromatic nitrogens is 2. The van der Waals surface area contributed by atoms with Crippen LogP contribution in [0.2, 0.25) is 0 Å². The predicted octanol–water partition coefficient (Wildman–Crippen LogP) is 0.852. The van der Waals surface area contributed by atoms with Crippen LogP contribution in [0.5, 0.6) is 0 Å². The molecule has 0 bridgehead atoms. The van der Waals surface area contributed by atoms with Gasteiger partial charge in [-0.05, 0) is 19.1 Å². The largest absolute Gasteiger partial charge is 0.388 e. The Hall–Kier alpha value is -1.92. The van der Waals surface area contributed by atoms with Crippen molar-refractivity contribution in [2.75, 3.05) is 20.3 Å². The lowest BCUT2D eigenvalue weighted by atomic mass is 10.0. The summed E-state index contributed by atoms with van der Waals surface area (Å²) in [7, 11) is 1.57. The van der Waals surface area contributed by atoms with Crippen LogP contribution in [0.1, 0.15) is 23.8 Å². The third-order valence-corrected chi connectivity index (χ3v) is 3.07. The van der Waals surface area contributed by atoms with Gasteiger partial charge in [-0.1, -0.05) is 6.07 Å². The molecule has 2 N–H and O–H groups in total. The van der Waals surface area contributed by atoms with Crippen molar-refractivity contribution in [1.29, 1.82) is 0 Å². The molecule has 0 spiro atoms. The van der Waals surface area contributed by atoms with Gasteiger partial charge in [0.25, 0.3) is 5.91 Å². The molecule has 1 atom stereocenters. The van der Waals surface area contributed by atoms with E-state index in [1.165, 1.54) is 0 Å². The molecule has 6 nitrogen and oxygen atoms in total. The summed E-state index contributed by atoms with van der Waals surface area (Å²) < 4.78 is 6.70. The highest BCUT2D eigenvalue weighted by Crippen LogP contribution is 2.09. The molecule has 2 rings (SSSR count). The second-order valence-electron chi connectivity index (χ2n) is 5.01. The third-order valence-electron chi connectivity index (χ3n) is 3.07. The highest BCUT2D eigenvalue weighted by molar-refractivity contribution is 5.92. The van der Waals surface area contributed by atoms with Crippen molar-refractivity contribution in [3.05, 3.63) is 36.3 Å². The molecule has 1 amide bonds. The maximum atomic E-state index is 12.0. The minimum Gasteiger partial charge on any atom is -0.388 e. The highest BCUT2D eigenvalue weighted by atomic mass is 16.5. The van der Waals surface area contributed by atoms with E-state index < -0.39 is 5.60 Å². The normalized spacial score (nSPS) is 14.2. The van der Waals surface area contributed by atoms with Crippen LogP contribution in [0, 0.1) is 0 Å². The smallest absolute Gasteiger partial charge is 0.271 e. The second-order valence-corrected chi connectivity index (χ2v) is 5.01. The number of nitrogens with zero attached hydrogens (tertiary/aromatic N) is 2.